The SMILES string of the molecule is CCOC(=O)OC12C(Oc3nc(OC)cc(OC)n3)CCC1(C)C2CC. The highest BCUT2D eigenvalue weighted by Crippen LogP contribution is 2.74. The van der Waals surface area contributed by atoms with Crippen LogP contribution in [-0.2, 0) is 9.47 Å². The molecule has 0 aliphatic heterocycles. The third-order valence-corrected chi connectivity index (χ3v) is 5.75. The molecule has 8 nitrogen and oxygen atoms in total. The van der Waals surface area contributed by atoms with Crippen molar-refractivity contribution in [2.75, 3.05) is 20.8 Å². The fourth-order valence-corrected chi connectivity index (χ4v) is 4.59. The molecule has 3 rings (SSSR count). The zero-order chi connectivity index (χ0) is 18.9. The van der Waals surface area contributed by atoms with E-state index in [9.17, 15) is 4.79 Å². The summed E-state index contributed by atoms with van der Waals surface area (Å²) in [6.45, 7) is 6.24. The summed E-state index contributed by atoms with van der Waals surface area (Å²) in [6.07, 6.45) is 1.53. The van der Waals surface area contributed by atoms with Crippen molar-refractivity contribution in [1.29, 1.82) is 0 Å². The first kappa shape index (κ1) is 18.5. The predicted molar refractivity (Wildman–Crippen MR) is 91.5 cm³/mol. The summed E-state index contributed by atoms with van der Waals surface area (Å²) in [5.74, 6) is 0.900. The van der Waals surface area contributed by atoms with E-state index < -0.39 is 11.8 Å². The van der Waals surface area contributed by atoms with Gasteiger partial charge in [-0.15, -0.1) is 0 Å². The molecule has 2 fully saturated rings. The Morgan fingerprint density at radius 2 is 1.88 bits per heavy atom. The summed E-state index contributed by atoms with van der Waals surface area (Å²) in [5.41, 5.74) is -0.837. The van der Waals surface area contributed by atoms with E-state index in [1.165, 1.54) is 14.2 Å². The summed E-state index contributed by atoms with van der Waals surface area (Å²) < 4.78 is 27.2. The molecule has 1 aromatic rings. The summed E-state index contributed by atoms with van der Waals surface area (Å²) in [7, 11) is 3.02. The maximum atomic E-state index is 12.1. The van der Waals surface area contributed by atoms with Gasteiger partial charge in [0.1, 0.15) is 6.10 Å². The lowest BCUT2D eigenvalue weighted by Crippen LogP contribution is -2.39. The molecular weight excluding hydrogens is 340 g/mol. The molecule has 0 saturated heterocycles. The third kappa shape index (κ3) is 2.71. The zero-order valence-corrected chi connectivity index (χ0v) is 15.9. The highest BCUT2D eigenvalue weighted by Gasteiger charge is 2.83. The average Bonchev–Trinajstić information content (AvgIpc) is 3.03. The Kier molecular flexibility index (Phi) is 4.86. The van der Waals surface area contributed by atoms with Gasteiger partial charge >= 0.3 is 12.2 Å². The van der Waals surface area contributed by atoms with Gasteiger partial charge in [-0.25, -0.2) is 4.79 Å². The molecule has 0 N–H and O–H groups in total. The van der Waals surface area contributed by atoms with E-state index in [4.69, 9.17) is 23.7 Å². The standard InChI is InChI=1S/C18H26N2O6/c1-6-11-17(3)9-8-12(18(11,17)26-16(21)24-7-2)25-15-19-13(22-4)10-14(20-15)23-5/h10-12H,6-9H2,1-5H3. The van der Waals surface area contributed by atoms with Crippen LogP contribution >= 0.6 is 0 Å². The van der Waals surface area contributed by atoms with Gasteiger partial charge in [0.25, 0.3) is 0 Å². The Morgan fingerprint density at radius 1 is 1.23 bits per heavy atom. The molecule has 2 aliphatic carbocycles. The molecule has 1 aromatic heterocycles. The number of aromatic nitrogens is 2. The first-order valence-corrected chi connectivity index (χ1v) is 8.94. The van der Waals surface area contributed by atoms with E-state index in [0.717, 1.165) is 19.3 Å². The van der Waals surface area contributed by atoms with Crippen LogP contribution in [0.25, 0.3) is 0 Å². The number of nitrogens with zero attached hydrogens (tertiary/aromatic N) is 2. The molecule has 8 heteroatoms. The molecule has 2 saturated carbocycles. The molecule has 0 aromatic carbocycles. The molecule has 0 bridgehead atoms. The van der Waals surface area contributed by atoms with Gasteiger partial charge in [0.15, 0.2) is 5.60 Å². The van der Waals surface area contributed by atoms with Crippen LogP contribution in [0.5, 0.6) is 17.8 Å². The molecule has 0 amide bonds. The summed E-state index contributed by atoms with van der Waals surface area (Å²) in [6, 6.07) is 1.71. The Balaban J connectivity index is 1.86. The lowest BCUT2D eigenvalue weighted by molar-refractivity contribution is -0.0476. The molecule has 4 unspecified atom stereocenters. The monoisotopic (exact) mass is 366 g/mol. The minimum Gasteiger partial charge on any atom is -0.481 e. The largest absolute Gasteiger partial charge is 0.508 e. The maximum Gasteiger partial charge on any atom is 0.508 e. The van der Waals surface area contributed by atoms with Crippen molar-refractivity contribution in [2.24, 2.45) is 11.3 Å². The van der Waals surface area contributed by atoms with Crippen molar-refractivity contribution in [3.8, 4) is 17.8 Å². The van der Waals surface area contributed by atoms with E-state index in [1.807, 2.05) is 0 Å². The molecular formula is C18H26N2O6. The average molecular weight is 366 g/mol. The number of methoxy groups -OCH3 is 2. The van der Waals surface area contributed by atoms with Gasteiger partial charge < -0.3 is 23.7 Å². The molecule has 26 heavy (non-hydrogen) atoms. The van der Waals surface area contributed by atoms with E-state index in [2.05, 4.69) is 23.8 Å². The Labute approximate surface area is 153 Å². The predicted octanol–water partition coefficient (Wildman–Crippen LogP) is 2.99. The lowest BCUT2D eigenvalue weighted by atomic mass is 10.0. The number of ether oxygens (including phenoxy) is 5. The van der Waals surface area contributed by atoms with Crippen LogP contribution in [0.2, 0.25) is 0 Å². The first-order chi connectivity index (χ1) is 12.4. The number of hydrogen-bond acceptors (Lipinski definition) is 8. The second-order valence-electron chi connectivity index (χ2n) is 6.84. The Morgan fingerprint density at radius 3 is 2.38 bits per heavy atom. The van der Waals surface area contributed by atoms with E-state index in [1.54, 1.807) is 13.0 Å². The summed E-state index contributed by atoms with van der Waals surface area (Å²) in [4.78, 5) is 20.5. The van der Waals surface area contributed by atoms with Crippen molar-refractivity contribution >= 4 is 6.16 Å². The molecule has 0 spiro atoms. The van der Waals surface area contributed by atoms with E-state index in [0.29, 0.717) is 11.8 Å². The van der Waals surface area contributed by atoms with Crippen LogP contribution in [0.1, 0.15) is 40.0 Å². The van der Waals surface area contributed by atoms with Crippen molar-refractivity contribution in [3.63, 3.8) is 0 Å². The Hall–Kier alpha value is -2.25. The number of hydrogen-bond donors (Lipinski definition) is 0. The molecule has 144 valence electrons. The van der Waals surface area contributed by atoms with E-state index in [-0.39, 0.29) is 30.1 Å². The fourth-order valence-electron chi connectivity index (χ4n) is 4.59. The van der Waals surface area contributed by atoms with Crippen LogP contribution in [0.15, 0.2) is 6.07 Å². The van der Waals surface area contributed by atoms with Gasteiger partial charge in [0, 0.05) is 11.3 Å². The van der Waals surface area contributed by atoms with Crippen LogP contribution in [-0.4, -0.2) is 48.7 Å². The van der Waals surface area contributed by atoms with Crippen LogP contribution in [0.4, 0.5) is 4.79 Å². The minimum absolute atomic E-state index is 0.123. The number of carbonyl (C=O) groups is 1. The van der Waals surface area contributed by atoms with Crippen molar-refractivity contribution < 1.29 is 28.5 Å². The molecule has 1 heterocycles. The topological polar surface area (TPSA) is 89.0 Å². The number of rotatable bonds is 7. The summed E-state index contributed by atoms with van der Waals surface area (Å²) >= 11 is 0. The van der Waals surface area contributed by atoms with Gasteiger partial charge in [-0.05, 0) is 26.2 Å². The minimum atomic E-state index is -0.715. The molecule has 2 aliphatic rings. The lowest BCUT2D eigenvalue weighted by Gasteiger charge is -2.25. The molecule has 4 atom stereocenters. The van der Waals surface area contributed by atoms with Gasteiger partial charge in [-0.2, -0.15) is 9.97 Å². The zero-order valence-electron chi connectivity index (χ0n) is 15.9. The van der Waals surface area contributed by atoms with Gasteiger partial charge in [-0.1, -0.05) is 13.8 Å². The van der Waals surface area contributed by atoms with Crippen LogP contribution in [0.3, 0.4) is 0 Å². The van der Waals surface area contributed by atoms with Crippen molar-refractivity contribution in [3.05, 3.63) is 6.07 Å². The molecule has 0 radical (unpaired) electrons. The second kappa shape index (κ2) is 6.81. The smallest absolute Gasteiger partial charge is 0.481 e. The Bertz CT molecular complexity index is 661. The maximum absolute atomic E-state index is 12.1. The number of carbonyl (C=O) groups excluding carboxylic acids is 1. The third-order valence-electron chi connectivity index (χ3n) is 5.75. The van der Waals surface area contributed by atoms with Gasteiger partial charge in [-0.3, -0.25) is 0 Å². The van der Waals surface area contributed by atoms with Gasteiger partial charge in [0.2, 0.25) is 11.8 Å². The summed E-state index contributed by atoms with van der Waals surface area (Å²) in [5, 5.41) is 0. The highest BCUT2D eigenvalue weighted by molar-refractivity contribution is 5.62. The normalized spacial score (nSPS) is 31.7. The van der Waals surface area contributed by atoms with Crippen molar-refractivity contribution in [2.45, 2.75) is 51.7 Å². The highest BCUT2D eigenvalue weighted by atomic mass is 16.7. The number of fused-ring (bicyclic) bond motifs is 1. The van der Waals surface area contributed by atoms with Crippen molar-refractivity contribution in [1.82, 2.24) is 9.97 Å². The van der Waals surface area contributed by atoms with Crippen LogP contribution < -0.4 is 14.2 Å². The fraction of sp³-hybridized carbons (Fsp3) is 0.722. The second-order valence-corrected chi connectivity index (χ2v) is 6.84. The quantitative estimate of drug-likeness (QED) is 0.681. The van der Waals surface area contributed by atoms with Gasteiger partial charge in [0.05, 0.1) is 26.9 Å². The van der Waals surface area contributed by atoms with Crippen LogP contribution in [0, 0.1) is 11.3 Å². The van der Waals surface area contributed by atoms with E-state index >= 15 is 0 Å². The first-order valence-electron chi connectivity index (χ1n) is 8.94.